The molecule has 0 aromatic heterocycles. The fourth-order valence-corrected chi connectivity index (χ4v) is 2.25. The minimum absolute atomic E-state index is 0.0236. The highest BCUT2D eigenvalue weighted by atomic mass is 79.9. The molecule has 0 radical (unpaired) electrons. The molecule has 1 atom stereocenters. The van der Waals surface area contributed by atoms with Gasteiger partial charge >= 0.3 is 0 Å². The average molecular weight is 320 g/mol. The van der Waals surface area contributed by atoms with Crippen molar-refractivity contribution in [2.24, 2.45) is 0 Å². The Morgan fingerprint density at radius 3 is 2.58 bits per heavy atom. The van der Waals surface area contributed by atoms with Crippen molar-refractivity contribution in [1.29, 1.82) is 0 Å². The van der Waals surface area contributed by atoms with E-state index in [9.17, 15) is 0 Å². The Hall–Kier alpha value is -1.32. The van der Waals surface area contributed by atoms with E-state index in [1.165, 1.54) is 5.56 Å². The maximum atomic E-state index is 6.09. The quantitative estimate of drug-likeness (QED) is 0.862. The van der Waals surface area contributed by atoms with E-state index in [-0.39, 0.29) is 6.10 Å². The summed E-state index contributed by atoms with van der Waals surface area (Å²) in [7, 11) is 0. The van der Waals surface area contributed by atoms with Crippen LogP contribution in [0.4, 0.5) is 0 Å². The zero-order valence-electron chi connectivity index (χ0n) is 11.0. The highest BCUT2D eigenvalue weighted by Crippen LogP contribution is 2.24. The molecule has 0 aliphatic heterocycles. The smallest absolute Gasteiger partial charge is 0.136 e. The lowest BCUT2D eigenvalue weighted by atomic mass is 10.1. The third-order valence-electron chi connectivity index (χ3n) is 2.83. The average Bonchev–Trinajstić information content (AvgIpc) is 2.44. The first-order chi connectivity index (χ1) is 9.29. The second kappa shape index (κ2) is 7.31. The van der Waals surface area contributed by atoms with Crippen LogP contribution in [0.3, 0.4) is 0 Å². The van der Waals surface area contributed by atoms with E-state index in [4.69, 9.17) is 4.74 Å². The number of likely N-dealkylation sites (N-methyl/N-ethyl adjacent to an activating group) is 1. The van der Waals surface area contributed by atoms with Gasteiger partial charge in [-0.1, -0.05) is 59.3 Å². The van der Waals surface area contributed by atoms with Crippen molar-refractivity contribution >= 4 is 15.9 Å². The maximum Gasteiger partial charge on any atom is 0.136 e. The molecule has 0 bridgehead atoms. The molecule has 2 rings (SSSR count). The highest BCUT2D eigenvalue weighted by Gasteiger charge is 2.12. The van der Waals surface area contributed by atoms with Gasteiger partial charge in [-0.3, -0.25) is 0 Å². The second-order valence-corrected chi connectivity index (χ2v) is 5.20. The lowest BCUT2D eigenvalue weighted by Gasteiger charge is -2.20. The molecule has 0 spiro atoms. The zero-order valence-corrected chi connectivity index (χ0v) is 12.6. The Morgan fingerprint density at radius 2 is 1.89 bits per heavy atom. The van der Waals surface area contributed by atoms with Crippen LogP contribution < -0.4 is 10.1 Å². The van der Waals surface area contributed by atoms with Crippen molar-refractivity contribution in [2.45, 2.75) is 13.0 Å². The largest absolute Gasteiger partial charge is 0.484 e. The fourth-order valence-electron chi connectivity index (χ4n) is 1.88. The summed E-state index contributed by atoms with van der Waals surface area (Å²) in [6.45, 7) is 3.83. The molecule has 2 aromatic carbocycles. The van der Waals surface area contributed by atoms with E-state index in [0.717, 1.165) is 23.3 Å². The molecule has 100 valence electrons. The van der Waals surface area contributed by atoms with Crippen molar-refractivity contribution in [2.75, 3.05) is 13.1 Å². The summed E-state index contributed by atoms with van der Waals surface area (Å²) in [5.41, 5.74) is 1.18. The van der Waals surface area contributed by atoms with Crippen LogP contribution in [0.1, 0.15) is 18.6 Å². The number of ether oxygens (including phenoxy) is 1. The van der Waals surface area contributed by atoms with Gasteiger partial charge in [0.15, 0.2) is 0 Å². The third kappa shape index (κ3) is 4.37. The molecule has 0 fully saturated rings. The first-order valence-electron chi connectivity index (χ1n) is 6.47. The zero-order chi connectivity index (χ0) is 13.5. The van der Waals surface area contributed by atoms with E-state index in [1.54, 1.807) is 0 Å². The predicted octanol–water partition coefficient (Wildman–Crippen LogP) is 4.18. The van der Waals surface area contributed by atoms with Gasteiger partial charge in [-0.15, -0.1) is 0 Å². The summed E-state index contributed by atoms with van der Waals surface area (Å²) in [4.78, 5) is 0. The molecule has 0 amide bonds. The van der Waals surface area contributed by atoms with E-state index >= 15 is 0 Å². The molecule has 3 heteroatoms. The summed E-state index contributed by atoms with van der Waals surface area (Å²) in [6.07, 6.45) is 0.0236. The van der Waals surface area contributed by atoms with Gasteiger partial charge in [0.1, 0.15) is 11.9 Å². The van der Waals surface area contributed by atoms with Crippen molar-refractivity contribution in [3.8, 4) is 5.75 Å². The summed E-state index contributed by atoms with van der Waals surface area (Å²) in [6, 6.07) is 18.2. The first-order valence-corrected chi connectivity index (χ1v) is 7.26. The molecule has 0 aliphatic rings. The summed E-state index contributed by atoms with van der Waals surface area (Å²) >= 11 is 3.47. The Labute approximate surface area is 122 Å². The number of halogens is 1. The van der Waals surface area contributed by atoms with Crippen molar-refractivity contribution < 1.29 is 4.74 Å². The number of hydrogen-bond donors (Lipinski definition) is 1. The van der Waals surface area contributed by atoms with Gasteiger partial charge in [-0.05, 0) is 30.3 Å². The summed E-state index contributed by atoms with van der Waals surface area (Å²) in [5, 5.41) is 3.34. The van der Waals surface area contributed by atoms with E-state index in [1.807, 2.05) is 42.5 Å². The Bertz CT molecular complexity index is 501. The minimum Gasteiger partial charge on any atom is -0.484 e. The molecule has 1 N–H and O–H groups in total. The lowest BCUT2D eigenvalue weighted by Crippen LogP contribution is -2.24. The molecular weight excluding hydrogens is 302 g/mol. The number of hydrogen-bond acceptors (Lipinski definition) is 2. The number of nitrogens with one attached hydrogen (secondary N) is 1. The monoisotopic (exact) mass is 319 g/mol. The highest BCUT2D eigenvalue weighted by molar-refractivity contribution is 9.10. The predicted molar refractivity (Wildman–Crippen MR) is 82.5 cm³/mol. The third-order valence-corrected chi connectivity index (χ3v) is 3.32. The lowest BCUT2D eigenvalue weighted by molar-refractivity contribution is 0.202. The van der Waals surface area contributed by atoms with E-state index in [2.05, 4.69) is 40.3 Å². The Kier molecular flexibility index (Phi) is 5.43. The van der Waals surface area contributed by atoms with Gasteiger partial charge in [0.25, 0.3) is 0 Å². The normalized spacial score (nSPS) is 12.1. The van der Waals surface area contributed by atoms with Gasteiger partial charge in [-0.2, -0.15) is 0 Å². The minimum atomic E-state index is 0.0236. The summed E-state index contributed by atoms with van der Waals surface area (Å²) < 4.78 is 7.12. The molecule has 0 heterocycles. The molecular formula is C16H18BrNO. The van der Waals surface area contributed by atoms with E-state index in [0.29, 0.717) is 0 Å². The van der Waals surface area contributed by atoms with Crippen LogP contribution in [0.5, 0.6) is 5.75 Å². The molecule has 0 aliphatic carbocycles. The van der Waals surface area contributed by atoms with Crippen LogP contribution in [0.25, 0.3) is 0 Å². The fraction of sp³-hybridized carbons (Fsp3) is 0.250. The number of benzene rings is 2. The Balaban J connectivity index is 2.14. The molecule has 1 unspecified atom stereocenters. The van der Waals surface area contributed by atoms with Crippen molar-refractivity contribution in [3.05, 3.63) is 64.6 Å². The van der Waals surface area contributed by atoms with Gasteiger partial charge in [-0.25, -0.2) is 0 Å². The standard InChI is InChI=1S/C16H18BrNO/c1-2-18-12-16(13-7-4-3-5-8-13)19-15-10-6-9-14(17)11-15/h3-11,16,18H,2,12H2,1H3. The Morgan fingerprint density at radius 1 is 1.11 bits per heavy atom. The summed E-state index contributed by atoms with van der Waals surface area (Å²) in [5.74, 6) is 0.876. The van der Waals surface area contributed by atoms with Crippen molar-refractivity contribution in [3.63, 3.8) is 0 Å². The molecule has 19 heavy (non-hydrogen) atoms. The van der Waals surface area contributed by atoms with Gasteiger partial charge in [0, 0.05) is 11.0 Å². The van der Waals surface area contributed by atoms with Gasteiger partial charge in [0.05, 0.1) is 0 Å². The van der Waals surface area contributed by atoms with Crippen LogP contribution in [-0.4, -0.2) is 13.1 Å². The SMILES string of the molecule is CCNCC(Oc1cccc(Br)c1)c1ccccc1. The molecule has 2 nitrogen and oxygen atoms in total. The molecule has 0 saturated heterocycles. The van der Waals surface area contributed by atoms with Crippen molar-refractivity contribution in [1.82, 2.24) is 5.32 Å². The molecule has 0 saturated carbocycles. The van der Waals surface area contributed by atoms with Crippen LogP contribution in [0, 0.1) is 0 Å². The van der Waals surface area contributed by atoms with Crippen LogP contribution in [0.2, 0.25) is 0 Å². The van der Waals surface area contributed by atoms with Gasteiger partial charge in [0.2, 0.25) is 0 Å². The van der Waals surface area contributed by atoms with Gasteiger partial charge < -0.3 is 10.1 Å². The molecule has 2 aromatic rings. The van der Waals surface area contributed by atoms with Crippen LogP contribution >= 0.6 is 15.9 Å². The topological polar surface area (TPSA) is 21.3 Å². The first kappa shape index (κ1) is 14.1. The second-order valence-electron chi connectivity index (χ2n) is 4.28. The van der Waals surface area contributed by atoms with Crippen LogP contribution in [-0.2, 0) is 0 Å². The maximum absolute atomic E-state index is 6.09. The van der Waals surface area contributed by atoms with Crippen LogP contribution in [0.15, 0.2) is 59.1 Å². The van der Waals surface area contributed by atoms with E-state index < -0.39 is 0 Å². The number of rotatable bonds is 6.